The lowest BCUT2D eigenvalue weighted by atomic mass is 9.93. The van der Waals surface area contributed by atoms with Crippen molar-refractivity contribution in [1.29, 1.82) is 0 Å². The molecule has 4 nitrogen and oxygen atoms in total. The molecular formula is C15H29N3O. The number of hydrogen-bond acceptors (Lipinski definition) is 3. The van der Waals surface area contributed by atoms with Gasteiger partial charge in [-0.2, -0.15) is 0 Å². The van der Waals surface area contributed by atoms with Crippen LogP contribution in [0.15, 0.2) is 0 Å². The van der Waals surface area contributed by atoms with Gasteiger partial charge in [-0.25, -0.2) is 0 Å². The SMILES string of the molecule is CCC1CN(C)CCCN1C(=O)C1CCC(C)NC1. The highest BCUT2D eigenvalue weighted by Gasteiger charge is 2.32. The van der Waals surface area contributed by atoms with Crippen molar-refractivity contribution in [3.05, 3.63) is 0 Å². The number of rotatable bonds is 2. The molecule has 2 aliphatic rings. The second kappa shape index (κ2) is 6.71. The predicted octanol–water partition coefficient (Wildman–Crippen LogP) is 1.32. The zero-order chi connectivity index (χ0) is 13.8. The minimum Gasteiger partial charge on any atom is -0.338 e. The van der Waals surface area contributed by atoms with E-state index in [1.807, 2.05) is 0 Å². The Bertz CT molecular complexity index is 300. The molecule has 0 bridgehead atoms. The predicted molar refractivity (Wildman–Crippen MR) is 78.1 cm³/mol. The zero-order valence-corrected chi connectivity index (χ0v) is 12.7. The lowest BCUT2D eigenvalue weighted by Crippen LogP contribution is -2.50. The molecule has 0 spiro atoms. The molecule has 0 aromatic carbocycles. The van der Waals surface area contributed by atoms with E-state index in [1.54, 1.807) is 0 Å². The summed E-state index contributed by atoms with van der Waals surface area (Å²) < 4.78 is 0. The molecule has 1 amide bonds. The molecule has 1 N–H and O–H groups in total. The van der Waals surface area contributed by atoms with Gasteiger partial charge in [-0.3, -0.25) is 4.79 Å². The van der Waals surface area contributed by atoms with Crippen LogP contribution in [0.3, 0.4) is 0 Å². The van der Waals surface area contributed by atoms with Crippen molar-refractivity contribution in [3.8, 4) is 0 Å². The van der Waals surface area contributed by atoms with Crippen molar-refractivity contribution in [2.75, 3.05) is 33.2 Å². The van der Waals surface area contributed by atoms with Gasteiger partial charge in [0, 0.05) is 31.7 Å². The van der Waals surface area contributed by atoms with E-state index < -0.39 is 0 Å². The Hall–Kier alpha value is -0.610. The number of carbonyl (C=O) groups excluding carboxylic acids is 1. The first-order valence-electron chi connectivity index (χ1n) is 7.84. The summed E-state index contributed by atoms with van der Waals surface area (Å²) in [5, 5.41) is 3.45. The topological polar surface area (TPSA) is 35.6 Å². The van der Waals surface area contributed by atoms with Crippen LogP contribution in [-0.4, -0.2) is 61.0 Å². The summed E-state index contributed by atoms with van der Waals surface area (Å²) in [5.74, 6) is 0.593. The Kier molecular flexibility index (Phi) is 5.22. The molecule has 2 aliphatic heterocycles. The van der Waals surface area contributed by atoms with Gasteiger partial charge in [0.15, 0.2) is 0 Å². The van der Waals surface area contributed by atoms with Gasteiger partial charge in [-0.15, -0.1) is 0 Å². The molecule has 0 radical (unpaired) electrons. The molecule has 2 fully saturated rings. The Morgan fingerprint density at radius 2 is 2.11 bits per heavy atom. The summed E-state index contributed by atoms with van der Waals surface area (Å²) in [6.45, 7) is 8.34. The van der Waals surface area contributed by atoms with Gasteiger partial charge in [0.25, 0.3) is 0 Å². The average molecular weight is 267 g/mol. The summed E-state index contributed by atoms with van der Waals surface area (Å²) in [6.07, 6.45) is 4.35. The van der Waals surface area contributed by atoms with Crippen LogP contribution in [0.5, 0.6) is 0 Å². The molecule has 0 aliphatic carbocycles. The van der Waals surface area contributed by atoms with E-state index >= 15 is 0 Å². The highest BCUT2D eigenvalue weighted by Crippen LogP contribution is 2.21. The van der Waals surface area contributed by atoms with Gasteiger partial charge < -0.3 is 15.1 Å². The molecule has 0 saturated carbocycles. The van der Waals surface area contributed by atoms with Crippen LogP contribution in [0, 0.1) is 5.92 Å². The highest BCUT2D eigenvalue weighted by molar-refractivity contribution is 5.79. The molecular weight excluding hydrogens is 238 g/mol. The van der Waals surface area contributed by atoms with Crippen LogP contribution in [-0.2, 0) is 4.79 Å². The van der Waals surface area contributed by atoms with Crippen molar-refractivity contribution in [2.45, 2.75) is 51.6 Å². The third-order valence-corrected chi connectivity index (χ3v) is 4.67. The van der Waals surface area contributed by atoms with E-state index in [2.05, 4.69) is 36.0 Å². The highest BCUT2D eigenvalue weighted by atomic mass is 16.2. The molecule has 19 heavy (non-hydrogen) atoms. The molecule has 0 aromatic heterocycles. The summed E-state index contributed by atoms with van der Waals surface area (Å²) in [4.78, 5) is 17.3. The number of nitrogens with one attached hydrogen (secondary N) is 1. The lowest BCUT2D eigenvalue weighted by Gasteiger charge is -2.35. The maximum Gasteiger partial charge on any atom is 0.227 e. The maximum absolute atomic E-state index is 12.8. The second-order valence-electron chi connectivity index (χ2n) is 6.29. The molecule has 4 heteroatoms. The summed E-state index contributed by atoms with van der Waals surface area (Å²) in [7, 11) is 2.17. The van der Waals surface area contributed by atoms with E-state index in [0.717, 1.165) is 51.9 Å². The van der Waals surface area contributed by atoms with E-state index in [4.69, 9.17) is 0 Å². The fourth-order valence-corrected chi connectivity index (χ4v) is 3.33. The lowest BCUT2D eigenvalue weighted by molar-refractivity contribution is -0.138. The van der Waals surface area contributed by atoms with Gasteiger partial charge in [-0.05, 0) is 46.2 Å². The molecule has 0 aromatic rings. The summed E-state index contributed by atoms with van der Waals surface area (Å²) in [6, 6.07) is 0.973. The van der Waals surface area contributed by atoms with Gasteiger partial charge in [0.2, 0.25) is 5.91 Å². The largest absolute Gasteiger partial charge is 0.338 e. The first-order chi connectivity index (χ1) is 9.11. The Morgan fingerprint density at radius 3 is 2.74 bits per heavy atom. The molecule has 2 heterocycles. The van der Waals surface area contributed by atoms with Gasteiger partial charge in [-0.1, -0.05) is 6.92 Å². The van der Waals surface area contributed by atoms with Crippen LogP contribution in [0.4, 0.5) is 0 Å². The number of amides is 1. The first-order valence-corrected chi connectivity index (χ1v) is 7.84. The molecule has 3 atom stereocenters. The van der Waals surface area contributed by atoms with E-state index in [1.165, 1.54) is 0 Å². The Labute approximate surface area is 117 Å². The van der Waals surface area contributed by atoms with Crippen LogP contribution >= 0.6 is 0 Å². The van der Waals surface area contributed by atoms with Crippen molar-refractivity contribution >= 4 is 5.91 Å². The minimum absolute atomic E-state index is 0.202. The van der Waals surface area contributed by atoms with Gasteiger partial charge in [0.05, 0.1) is 5.92 Å². The number of likely N-dealkylation sites (N-methyl/N-ethyl adjacent to an activating group) is 1. The van der Waals surface area contributed by atoms with E-state index in [-0.39, 0.29) is 5.92 Å². The smallest absolute Gasteiger partial charge is 0.227 e. The fourth-order valence-electron chi connectivity index (χ4n) is 3.33. The van der Waals surface area contributed by atoms with Crippen LogP contribution in [0.25, 0.3) is 0 Å². The summed E-state index contributed by atoms with van der Waals surface area (Å²) >= 11 is 0. The van der Waals surface area contributed by atoms with Crippen molar-refractivity contribution in [1.82, 2.24) is 15.1 Å². The Morgan fingerprint density at radius 1 is 1.32 bits per heavy atom. The number of carbonyl (C=O) groups is 1. The first kappa shape index (κ1) is 14.8. The second-order valence-corrected chi connectivity index (χ2v) is 6.29. The molecule has 3 unspecified atom stereocenters. The van der Waals surface area contributed by atoms with Gasteiger partial charge in [0.1, 0.15) is 0 Å². The Balaban J connectivity index is 1.99. The monoisotopic (exact) mass is 267 g/mol. The van der Waals surface area contributed by atoms with Crippen LogP contribution in [0.2, 0.25) is 0 Å². The minimum atomic E-state index is 0.202. The van der Waals surface area contributed by atoms with E-state index in [9.17, 15) is 4.79 Å². The number of hydrogen-bond donors (Lipinski definition) is 1. The van der Waals surface area contributed by atoms with Crippen LogP contribution < -0.4 is 5.32 Å². The normalized spacial score (nSPS) is 34.1. The van der Waals surface area contributed by atoms with Crippen molar-refractivity contribution < 1.29 is 4.79 Å². The number of nitrogens with zero attached hydrogens (tertiary/aromatic N) is 2. The van der Waals surface area contributed by atoms with Crippen molar-refractivity contribution in [3.63, 3.8) is 0 Å². The number of piperidine rings is 1. The van der Waals surface area contributed by atoms with Crippen molar-refractivity contribution in [2.24, 2.45) is 5.92 Å². The quantitative estimate of drug-likeness (QED) is 0.819. The van der Waals surface area contributed by atoms with E-state index in [0.29, 0.717) is 18.0 Å². The fraction of sp³-hybridized carbons (Fsp3) is 0.933. The third kappa shape index (κ3) is 3.69. The van der Waals surface area contributed by atoms with Gasteiger partial charge >= 0.3 is 0 Å². The third-order valence-electron chi connectivity index (χ3n) is 4.67. The standard InChI is InChI=1S/C15H29N3O/c1-4-14-11-17(3)8-5-9-18(14)15(19)13-7-6-12(2)16-10-13/h12-14,16H,4-11H2,1-3H3. The summed E-state index contributed by atoms with van der Waals surface area (Å²) in [5.41, 5.74) is 0. The molecule has 110 valence electrons. The zero-order valence-electron chi connectivity index (χ0n) is 12.7. The maximum atomic E-state index is 12.8. The van der Waals surface area contributed by atoms with Crippen LogP contribution in [0.1, 0.15) is 39.5 Å². The average Bonchev–Trinajstić information content (AvgIpc) is 2.60. The molecule has 2 rings (SSSR count). The molecule has 2 saturated heterocycles.